The van der Waals surface area contributed by atoms with E-state index in [1.54, 1.807) is 6.08 Å². The van der Waals surface area contributed by atoms with Gasteiger partial charge in [-0.25, -0.2) is 0 Å². The fraction of sp³-hybridized carbons (Fsp3) is 0.200. The highest BCUT2D eigenvalue weighted by Gasteiger charge is 1.59. The van der Waals surface area contributed by atoms with Crippen LogP contribution in [0.4, 0.5) is 0 Å². The van der Waals surface area contributed by atoms with Gasteiger partial charge < -0.3 is 0 Å². The molecule has 0 radical (unpaired) electrons. The molecule has 5 heavy (non-hydrogen) atoms. The summed E-state index contributed by atoms with van der Waals surface area (Å²) in [5.41, 5.74) is 1.02. The molecule has 0 nitrogen and oxygen atoms in total. The molecule has 0 N–H and O–H groups in total. The van der Waals surface area contributed by atoms with E-state index in [-0.39, 0.29) is 0 Å². The first-order chi connectivity index (χ1) is 2.27. The van der Waals surface area contributed by atoms with E-state index in [2.05, 4.69) is 13.2 Å². The average molecular weight is 69.1 g/mol. The lowest BCUT2D eigenvalue weighted by Gasteiger charge is -1.71. The van der Waals surface area contributed by atoms with Gasteiger partial charge in [0, 0.05) is 0 Å². The number of hydrogen-bond acceptors (Lipinski definition) is 0. The molecule has 0 saturated carbocycles. The van der Waals surface area contributed by atoms with Crippen LogP contribution in [0.1, 0.15) is 6.92 Å². The Morgan fingerprint density at radius 3 is 2.00 bits per heavy atom. The molecule has 0 aliphatic rings. The molecule has 0 bridgehead atoms. The van der Waals surface area contributed by atoms with Crippen LogP contribution in [0, 0.1) is 0 Å². The topological polar surface area (TPSA) is 0 Å². The Bertz CT molecular complexity index is 51.1. The van der Waals surface area contributed by atoms with Crippen LogP contribution in [0.15, 0.2) is 24.8 Å². The number of allylic oxidation sites excluding steroid dienone is 2. The minimum atomic E-state index is 1.02. The summed E-state index contributed by atoms with van der Waals surface area (Å²) in [6.07, 6.45) is 1.72. The fourth-order valence-corrected chi connectivity index (χ4v) is 0. The second-order valence-corrected chi connectivity index (χ2v) is 1.05. The minimum absolute atomic E-state index is 1.02. The zero-order valence-corrected chi connectivity index (χ0v) is 3.49. The molecule has 0 heteroatoms. The quantitative estimate of drug-likeness (QED) is 0.325. The molecule has 0 amide bonds. The van der Waals surface area contributed by atoms with Gasteiger partial charge in [0.25, 0.3) is 0 Å². The van der Waals surface area contributed by atoms with Gasteiger partial charge in [-0.1, -0.05) is 24.8 Å². The van der Waals surface area contributed by atoms with Crippen molar-refractivity contribution in [2.24, 2.45) is 0 Å². The zero-order chi connectivity index (χ0) is 4.28. The maximum absolute atomic E-state index is 3.56. The van der Waals surface area contributed by atoms with Crippen LogP contribution in [0.3, 0.4) is 0 Å². The molecule has 0 fully saturated rings. The zero-order valence-electron chi connectivity index (χ0n) is 3.49. The first-order valence-corrected chi connectivity index (χ1v) is 1.55. The van der Waals surface area contributed by atoms with Crippen molar-refractivity contribution in [3.8, 4) is 0 Å². The van der Waals surface area contributed by atoms with Crippen molar-refractivity contribution in [2.75, 3.05) is 0 Å². The van der Waals surface area contributed by atoms with Gasteiger partial charge in [-0.15, -0.1) is 0 Å². The Balaban J connectivity index is 3.20. The van der Waals surface area contributed by atoms with Gasteiger partial charge in [0.15, 0.2) is 0 Å². The van der Waals surface area contributed by atoms with Crippen molar-refractivity contribution in [1.29, 1.82) is 0 Å². The van der Waals surface area contributed by atoms with Crippen molar-refractivity contribution < 1.29 is 0 Å². The Hall–Kier alpha value is -0.520. The molecule has 0 rings (SSSR count). The summed E-state index contributed by atoms with van der Waals surface area (Å²) in [5.74, 6) is 0. The van der Waals surface area contributed by atoms with Gasteiger partial charge in [-0.3, -0.25) is 0 Å². The third-order valence-electron chi connectivity index (χ3n) is 0.348. The molecule has 0 unspecified atom stereocenters. The third-order valence-corrected chi connectivity index (χ3v) is 0.348. The average Bonchev–Trinajstić information content (AvgIpc) is 1.38. The normalized spacial score (nSPS) is 6.60. The SMILES string of the molecule is C=CC(C)=[13CH2]. The lowest BCUT2D eigenvalue weighted by Crippen LogP contribution is -1.50. The van der Waals surface area contributed by atoms with Crippen molar-refractivity contribution in [2.45, 2.75) is 6.92 Å². The Morgan fingerprint density at radius 1 is 1.80 bits per heavy atom. The summed E-state index contributed by atoms with van der Waals surface area (Å²) in [7, 11) is 0. The van der Waals surface area contributed by atoms with Crippen LogP contribution >= 0.6 is 0 Å². The highest BCUT2D eigenvalue weighted by molar-refractivity contribution is 5.05. The summed E-state index contributed by atoms with van der Waals surface area (Å²) in [6.45, 7) is 8.93. The van der Waals surface area contributed by atoms with Crippen LogP contribution < -0.4 is 0 Å². The van der Waals surface area contributed by atoms with Crippen molar-refractivity contribution in [1.82, 2.24) is 0 Å². The molecule has 0 aliphatic carbocycles. The molecular formula is C5H8. The van der Waals surface area contributed by atoms with Crippen LogP contribution in [0.25, 0.3) is 0 Å². The standard InChI is InChI=1S/C5H8/c1-4-5(2)3/h4H,1-2H2,3H3/i2+1. The van der Waals surface area contributed by atoms with E-state index in [4.69, 9.17) is 0 Å². The van der Waals surface area contributed by atoms with E-state index >= 15 is 0 Å². The highest BCUT2D eigenvalue weighted by atomic mass is 13.8. The van der Waals surface area contributed by atoms with Gasteiger partial charge >= 0.3 is 0 Å². The van der Waals surface area contributed by atoms with Crippen LogP contribution in [0.5, 0.6) is 0 Å². The predicted octanol–water partition coefficient (Wildman–Crippen LogP) is 1.75. The van der Waals surface area contributed by atoms with E-state index in [9.17, 15) is 0 Å². The molecular weight excluding hydrogens is 61.0 g/mol. The molecule has 0 atom stereocenters. The summed E-state index contributed by atoms with van der Waals surface area (Å²) in [5, 5.41) is 0. The van der Waals surface area contributed by atoms with Crippen LogP contribution in [-0.2, 0) is 0 Å². The highest BCUT2D eigenvalue weighted by Crippen LogP contribution is 1.81. The first-order valence-electron chi connectivity index (χ1n) is 1.55. The van der Waals surface area contributed by atoms with Crippen molar-refractivity contribution in [3.05, 3.63) is 24.8 Å². The first kappa shape index (κ1) is 4.48. The monoisotopic (exact) mass is 69.1 g/mol. The molecule has 0 aromatic carbocycles. The van der Waals surface area contributed by atoms with Gasteiger partial charge in [-0.05, 0) is 6.92 Å². The number of hydrogen-bond donors (Lipinski definition) is 0. The molecule has 0 aromatic rings. The summed E-state index contributed by atoms with van der Waals surface area (Å²) in [6, 6.07) is 0. The summed E-state index contributed by atoms with van der Waals surface area (Å²) in [4.78, 5) is 0. The molecule has 0 heterocycles. The predicted molar refractivity (Wildman–Crippen MR) is 25.0 cm³/mol. The second kappa shape index (κ2) is 1.77. The summed E-state index contributed by atoms with van der Waals surface area (Å²) >= 11 is 0. The Labute approximate surface area is 32.8 Å². The third kappa shape index (κ3) is 3.48. The van der Waals surface area contributed by atoms with Crippen LogP contribution in [-0.4, -0.2) is 0 Å². The van der Waals surface area contributed by atoms with E-state index in [0.29, 0.717) is 0 Å². The Kier molecular flexibility index (Phi) is 1.58. The molecule has 0 saturated heterocycles. The maximum atomic E-state index is 3.56. The molecule has 0 aliphatic heterocycles. The lowest BCUT2D eigenvalue weighted by atomic mass is 10.4. The van der Waals surface area contributed by atoms with E-state index in [0.717, 1.165) is 5.57 Å². The van der Waals surface area contributed by atoms with Gasteiger partial charge in [0.2, 0.25) is 0 Å². The smallest absolute Gasteiger partial charge is 0.0404 e. The fourth-order valence-electron chi connectivity index (χ4n) is 0. The van der Waals surface area contributed by atoms with Crippen molar-refractivity contribution >= 4 is 0 Å². The van der Waals surface area contributed by atoms with E-state index < -0.39 is 0 Å². The molecule has 0 aromatic heterocycles. The van der Waals surface area contributed by atoms with Gasteiger partial charge in [0.05, 0.1) is 0 Å². The number of rotatable bonds is 1. The van der Waals surface area contributed by atoms with Crippen LogP contribution in [0.2, 0.25) is 0 Å². The maximum Gasteiger partial charge on any atom is -0.0404 e. The largest absolute Gasteiger partial charge is 0.0988 e. The van der Waals surface area contributed by atoms with E-state index in [1.165, 1.54) is 0 Å². The Morgan fingerprint density at radius 2 is 2.00 bits per heavy atom. The minimum Gasteiger partial charge on any atom is -0.0988 e. The lowest BCUT2D eigenvalue weighted by molar-refractivity contribution is 1.58. The molecule has 28 valence electrons. The van der Waals surface area contributed by atoms with Gasteiger partial charge in [-0.2, -0.15) is 0 Å². The molecule has 0 spiro atoms. The van der Waals surface area contributed by atoms with Gasteiger partial charge in [0.1, 0.15) is 0 Å². The second-order valence-electron chi connectivity index (χ2n) is 1.05. The summed E-state index contributed by atoms with van der Waals surface area (Å²) < 4.78 is 0. The van der Waals surface area contributed by atoms with Crippen molar-refractivity contribution in [3.63, 3.8) is 0 Å². The van der Waals surface area contributed by atoms with E-state index in [1.807, 2.05) is 6.92 Å².